The Morgan fingerprint density at radius 2 is 0.545 bits per heavy atom. The van der Waals surface area contributed by atoms with Crippen molar-refractivity contribution in [2.75, 3.05) is 61.0 Å². The van der Waals surface area contributed by atoms with Crippen LogP contribution in [0.5, 0.6) is 0 Å². The van der Waals surface area contributed by atoms with Gasteiger partial charge in [-0.2, -0.15) is 0 Å². The van der Waals surface area contributed by atoms with Gasteiger partial charge in [0.2, 0.25) is 0 Å². The Labute approximate surface area is 281 Å². The molecule has 0 aliphatic heterocycles. The summed E-state index contributed by atoms with van der Waals surface area (Å²) in [5.41, 5.74) is 0. The molecule has 1 N–H and O–H groups in total. The van der Waals surface area contributed by atoms with E-state index in [-0.39, 0.29) is 0 Å². The second-order valence-electron chi connectivity index (χ2n) is 16.1. The van der Waals surface area contributed by atoms with Crippen molar-refractivity contribution in [2.45, 2.75) is 206 Å². The zero-order valence-corrected chi connectivity index (χ0v) is 32.1. The molecule has 0 rings (SSSR count). The monoisotopic (exact) mass is 624 g/mol. The molecule has 0 saturated heterocycles. The number of hydrogen-bond acceptors (Lipinski definition) is 1. The third kappa shape index (κ3) is 34.7. The molecule has 0 spiro atoms. The lowest BCUT2D eigenvalue weighted by Crippen LogP contribution is -2.47. The number of hydrogen-bond donors (Lipinski definition) is 1. The Morgan fingerprint density at radius 3 is 0.864 bits per heavy atom. The number of nitrogens with zero attached hydrogens (tertiary/aromatic N) is 2. The van der Waals surface area contributed by atoms with Gasteiger partial charge >= 0.3 is 0 Å². The van der Waals surface area contributed by atoms with E-state index >= 15 is 0 Å². The first-order chi connectivity index (χ1) is 21.3. The molecule has 266 valence electrons. The third-order valence-corrected chi connectivity index (χ3v) is 10.1. The maximum Gasteiger partial charge on any atom is 0.132 e. The molecule has 0 aliphatic carbocycles. The van der Waals surface area contributed by atoms with Gasteiger partial charge in [-0.3, -0.25) is 5.32 Å². The van der Waals surface area contributed by atoms with Crippen LogP contribution in [-0.2, 0) is 0 Å². The highest BCUT2D eigenvalue weighted by molar-refractivity contribution is 4.52. The van der Waals surface area contributed by atoms with E-state index in [4.69, 9.17) is 0 Å². The van der Waals surface area contributed by atoms with Crippen LogP contribution in [0.25, 0.3) is 0 Å². The van der Waals surface area contributed by atoms with Gasteiger partial charge in [0.1, 0.15) is 6.67 Å². The van der Waals surface area contributed by atoms with Crippen molar-refractivity contribution in [1.29, 1.82) is 0 Å². The van der Waals surface area contributed by atoms with Gasteiger partial charge in [-0.1, -0.05) is 168 Å². The predicted molar refractivity (Wildman–Crippen MR) is 202 cm³/mol. The van der Waals surface area contributed by atoms with Crippen molar-refractivity contribution in [3.05, 3.63) is 0 Å². The van der Waals surface area contributed by atoms with Gasteiger partial charge in [0.05, 0.1) is 47.8 Å². The summed E-state index contributed by atoms with van der Waals surface area (Å²) in [6, 6.07) is 0. The Kier molecular flexibility index (Phi) is 32.7. The quantitative estimate of drug-likeness (QED) is 0.0412. The first kappa shape index (κ1) is 43.9. The van der Waals surface area contributed by atoms with Gasteiger partial charge < -0.3 is 8.97 Å². The molecule has 0 aromatic carbocycles. The molecule has 0 radical (unpaired) electrons. The maximum atomic E-state index is 3.77. The highest BCUT2D eigenvalue weighted by Crippen LogP contribution is 2.15. The van der Waals surface area contributed by atoms with Crippen LogP contribution in [0.15, 0.2) is 0 Å². The molecule has 0 amide bonds. The van der Waals surface area contributed by atoms with Crippen LogP contribution in [0.4, 0.5) is 0 Å². The topological polar surface area (TPSA) is 12.0 Å². The van der Waals surface area contributed by atoms with E-state index in [0.29, 0.717) is 0 Å². The van der Waals surface area contributed by atoms with Crippen molar-refractivity contribution >= 4 is 0 Å². The summed E-state index contributed by atoms with van der Waals surface area (Å²) in [5, 5.41) is 3.77. The third-order valence-electron chi connectivity index (χ3n) is 10.1. The molecule has 0 atom stereocenters. The van der Waals surface area contributed by atoms with Crippen molar-refractivity contribution in [1.82, 2.24) is 5.32 Å². The minimum Gasteiger partial charge on any atom is -0.328 e. The summed E-state index contributed by atoms with van der Waals surface area (Å²) in [7, 11) is 9.72. The first-order valence-electron chi connectivity index (χ1n) is 20.7. The van der Waals surface area contributed by atoms with Crippen LogP contribution < -0.4 is 5.32 Å². The van der Waals surface area contributed by atoms with E-state index in [1.807, 2.05) is 0 Å². The van der Waals surface area contributed by atoms with Crippen molar-refractivity contribution in [2.24, 2.45) is 0 Å². The van der Waals surface area contributed by atoms with Gasteiger partial charge in [0.25, 0.3) is 0 Å². The number of nitrogens with one attached hydrogen (secondary N) is 1. The average molecular weight is 624 g/mol. The molecule has 0 aromatic rings. The smallest absolute Gasteiger partial charge is 0.132 e. The fourth-order valence-electron chi connectivity index (χ4n) is 6.83. The summed E-state index contributed by atoms with van der Waals surface area (Å²) in [6.45, 7) is 10.9. The van der Waals surface area contributed by atoms with Gasteiger partial charge in [-0.25, -0.2) is 0 Å². The van der Waals surface area contributed by atoms with E-state index in [2.05, 4.69) is 47.4 Å². The second kappa shape index (κ2) is 32.8. The maximum absolute atomic E-state index is 3.77. The van der Waals surface area contributed by atoms with Gasteiger partial charge in [0.15, 0.2) is 0 Å². The minimum atomic E-state index is 1.12. The van der Waals surface area contributed by atoms with Crippen LogP contribution in [0.3, 0.4) is 0 Å². The lowest BCUT2D eigenvalue weighted by molar-refractivity contribution is -0.893. The highest BCUT2D eigenvalue weighted by atomic mass is 15.4. The lowest BCUT2D eigenvalue weighted by Gasteiger charge is -2.31. The van der Waals surface area contributed by atoms with Gasteiger partial charge in [-0.15, -0.1) is 0 Å². The largest absolute Gasteiger partial charge is 0.328 e. The average Bonchev–Trinajstić information content (AvgIpc) is 2.99. The highest BCUT2D eigenvalue weighted by Gasteiger charge is 2.15. The van der Waals surface area contributed by atoms with E-state index in [0.717, 1.165) is 11.2 Å². The number of quaternary nitrogens is 2. The summed E-state index contributed by atoms with van der Waals surface area (Å²) >= 11 is 0. The normalized spacial score (nSPS) is 12.4. The Morgan fingerprint density at radius 1 is 0.295 bits per heavy atom. The molecule has 0 aliphatic rings. The SMILES string of the molecule is CCCCCCCCCCCCCCCC[N+](C)(C)CCCCNC[N+](C)(C)CCCCCCCCCCCCCCCC. The van der Waals surface area contributed by atoms with Crippen LogP contribution in [0.1, 0.15) is 206 Å². The van der Waals surface area contributed by atoms with Crippen molar-refractivity contribution in [3.63, 3.8) is 0 Å². The van der Waals surface area contributed by atoms with Crippen LogP contribution in [0, 0.1) is 0 Å². The molecule has 0 bridgehead atoms. The first-order valence-corrected chi connectivity index (χ1v) is 20.7. The zero-order chi connectivity index (χ0) is 32.5. The summed E-state index contributed by atoms with van der Waals surface area (Å²) in [4.78, 5) is 0. The predicted octanol–water partition coefficient (Wildman–Crippen LogP) is 12.4. The molecule has 0 fully saturated rings. The Bertz CT molecular complexity index is 496. The van der Waals surface area contributed by atoms with Gasteiger partial charge in [-0.05, 0) is 38.5 Å². The van der Waals surface area contributed by atoms with Crippen molar-refractivity contribution in [3.8, 4) is 0 Å². The van der Waals surface area contributed by atoms with E-state index < -0.39 is 0 Å². The molecule has 0 aromatic heterocycles. The number of unbranched alkanes of at least 4 members (excludes halogenated alkanes) is 27. The molecule has 3 heteroatoms. The van der Waals surface area contributed by atoms with Crippen LogP contribution >= 0.6 is 0 Å². The second-order valence-corrected chi connectivity index (χ2v) is 16.1. The Hall–Kier alpha value is -0.120. The van der Waals surface area contributed by atoms with Crippen LogP contribution in [0.2, 0.25) is 0 Å². The fraction of sp³-hybridized carbons (Fsp3) is 1.00. The van der Waals surface area contributed by atoms with E-state index in [1.165, 1.54) is 223 Å². The molecular weight excluding hydrogens is 534 g/mol. The Balaban J connectivity index is 3.47. The van der Waals surface area contributed by atoms with Crippen LogP contribution in [-0.4, -0.2) is 70.0 Å². The molecule has 3 nitrogen and oxygen atoms in total. The minimum absolute atomic E-state index is 1.12. The standard InChI is InChI=1S/C41H89N3/c1-7-9-11-13-15-17-19-21-23-25-27-29-31-34-38-43(3,4)39-36-33-37-42-41-44(5,6)40-35-32-30-28-26-24-22-20-18-16-14-12-10-8-2/h42H,7-41H2,1-6H3/q+2. The van der Waals surface area contributed by atoms with Crippen molar-refractivity contribution < 1.29 is 8.97 Å². The summed E-state index contributed by atoms with van der Waals surface area (Å²) in [6.07, 6.45) is 43.3. The molecule has 44 heavy (non-hydrogen) atoms. The molecular formula is C41H89N3+2. The zero-order valence-electron chi connectivity index (χ0n) is 32.1. The van der Waals surface area contributed by atoms with E-state index in [1.54, 1.807) is 0 Å². The lowest BCUT2D eigenvalue weighted by atomic mass is 10.0. The molecule has 0 unspecified atom stereocenters. The fourth-order valence-corrected chi connectivity index (χ4v) is 6.83. The van der Waals surface area contributed by atoms with Gasteiger partial charge in [0, 0.05) is 6.54 Å². The van der Waals surface area contributed by atoms with E-state index in [9.17, 15) is 0 Å². The molecule has 0 heterocycles. The molecule has 0 saturated carbocycles. The number of rotatable bonds is 37. The summed E-state index contributed by atoms with van der Waals surface area (Å²) < 4.78 is 2.33. The summed E-state index contributed by atoms with van der Waals surface area (Å²) in [5.74, 6) is 0.